The molecule has 2 aromatic rings. The second-order valence-electron chi connectivity index (χ2n) is 5.61. The molecule has 0 atom stereocenters. The largest absolute Gasteiger partial charge is 0.462 e. The monoisotopic (exact) mass is 415 g/mol. The van der Waals surface area contributed by atoms with E-state index in [2.05, 4.69) is 15.0 Å². The predicted molar refractivity (Wildman–Crippen MR) is 109 cm³/mol. The van der Waals surface area contributed by atoms with Crippen molar-refractivity contribution in [2.75, 3.05) is 19.5 Å². The maximum Gasteiger partial charge on any atom is 0.340 e. The summed E-state index contributed by atoms with van der Waals surface area (Å²) in [6, 6.07) is 7.04. The van der Waals surface area contributed by atoms with Crippen molar-refractivity contribution in [2.24, 2.45) is 5.11 Å². The standard InChI is InChI=1S/C19H21N5O4S/c1-4-27-17(25)14-8-6-13(7-9-14)12-24-15(11-21-19(24)29-3)10-16(22-23-20)18(26)28-5-2/h6-11H,4-5,12H2,1-3H3/b16-10+. The highest BCUT2D eigenvalue weighted by molar-refractivity contribution is 7.98. The van der Waals surface area contributed by atoms with Crippen molar-refractivity contribution in [3.8, 4) is 0 Å². The Kier molecular flexibility index (Phi) is 8.32. The Morgan fingerprint density at radius 3 is 2.52 bits per heavy atom. The first-order chi connectivity index (χ1) is 14.0. The molecule has 0 saturated carbocycles. The van der Waals surface area contributed by atoms with Crippen LogP contribution in [-0.4, -0.2) is 41.0 Å². The van der Waals surface area contributed by atoms with Gasteiger partial charge in [0.25, 0.3) is 0 Å². The number of hydrogen-bond donors (Lipinski definition) is 0. The molecule has 0 radical (unpaired) electrons. The summed E-state index contributed by atoms with van der Waals surface area (Å²) in [5.74, 6) is -1.08. The normalized spacial score (nSPS) is 10.9. The lowest BCUT2D eigenvalue weighted by Crippen LogP contribution is -2.08. The number of aromatic nitrogens is 2. The molecule has 1 aromatic carbocycles. The van der Waals surface area contributed by atoms with E-state index in [1.807, 2.05) is 23.0 Å². The van der Waals surface area contributed by atoms with Gasteiger partial charge in [-0.1, -0.05) is 29.0 Å². The van der Waals surface area contributed by atoms with Crippen LogP contribution in [0.5, 0.6) is 0 Å². The highest BCUT2D eigenvalue weighted by atomic mass is 32.2. The lowest BCUT2D eigenvalue weighted by molar-refractivity contribution is -0.138. The van der Waals surface area contributed by atoms with E-state index < -0.39 is 5.97 Å². The van der Waals surface area contributed by atoms with E-state index in [0.717, 1.165) is 10.7 Å². The van der Waals surface area contributed by atoms with Crippen LogP contribution < -0.4 is 0 Å². The van der Waals surface area contributed by atoms with E-state index in [0.29, 0.717) is 24.4 Å². The average molecular weight is 415 g/mol. The average Bonchev–Trinajstić information content (AvgIpc) is 3.10. The number of ether oxygens (including phenoxy) is 2. The van der Waals surface area contributed by atoms with E-state index in [4.69, 9.17) is 15.0 Å². The van der Waals surface area contributed by atoms with E-state index in [9.17, 15) is 9.59 Å². The van der Waals surface area contributed by atoms with Crippen molar-refractivity contribution in [2.45, 2.75) is 25.5 Å². The molecule has 0 amide bonds. The number of azide groups is 1. The van der Waals surface area contributed by atoms with Gasteiger partial charge in [0.15, 0.2) is 5.16 Å². The Morgan fingerprint density at radius 2 is 1.93 bits per heavy atom. The zero-order valence-corrected chi connectivity index (χ0v) is 17.2. The molecule has 29 heavy (non-hydrogen) atoms. The van der Waals surface area contributed by atoms with E-state index >= 15 is 0 Å². The van der Waals surface area contributed by atoms with Crippen molar-refractivity contribution in [1.82, 2.24) is 9.55 Å². The van der Waals surface area contributed by atoms with E-state index in [1.54, 1.807) is 32.2 Å². The van der Waals surface area contributed by atoms with Gasteiger partial charge in [-0.3, -0.25) is 0 Å². The van der Waals surface area contributed by atoms with Gasteiger partial charge >= 0.3 is 11.9 Å². The van der Waals surface area contributed by atoms with Crippen LogP contribution in [0.25, 0.3) is 16.5 Å². The van der Waals surface area contributed by atoms with Crippen molar-refractivity contribution in [1.29, 1.82) is 0 Å². The highest BCUT2D eigenvalue weighted by Crippen LogP contribution is 2.21. The fourth-order valence-electron chi connectivity index (χ4n) is 2.47. The minimum atomic E-state index is -0.706. The molecule has 0 saturated heterocycles. The molecule has 0 aliphatic heterocycles. The highest BCUT2D eigenvalue weighted by Gasteiger charge is 2.14. The summed E-state index contributed by atoms with van der Waals surface area (Å²) in [6.45, 7) is 4.35. The number of benzene rings is 1. The summed E-state index contributed by atoms with van der Waals surface area (Å²) in [4.78, 5) is 30.8. The molecular formula is C19H21N5O4S. The van der Waals surface area contributed by atoms with Crippen LogP contribution in [0, 0.1) is 0 Å². The van der Waals surface area contributed by atoms with Crippen LogP contribution in [0.3, 0.4) is 0 Å². The van der Waals surface area contributed by atoms with Crippen LogP contribution in [0.15, 0.2) is 46.4 Å². The second kappa shape index (κ2) is 10.9. The lowest BCUT2D eigenvalue weighted by atomic mass is 10.1. The van der Waals surface area contributed by atoms with Crippen LogP contribution in [0.4, 0.5) is 0 Å². The third kappa shape index (κ3) is 5.87. The van der Waals surface area contributed by atoms with Gasteiger partial charge in [0.1, 0.15) is 5.70 Å². The topological polar surface area (TPSA) is 119 Å². The number of nitrogens with zero attached hydrogens (tertiary/aromatic N) is 5. The molecule has 10 heteroatoms. The Balaban J connectivity index is 2.35. The van der Waals surface area contributed by atoms with Crippen molar-refractivity contribution >= 4 is 29.8 Å². The smallest absolute Gasteiger partial charge is 0.340 e. The zero-order chi connectivity index (χ0) is 21.2. The molecule has 0 aliphatic carbocycles. The number of carbonyl (C=O) groups is 2. The molecular weight excluding hydrogens is 394 g/mol. The summed E-state index contributed by atoms with van der Waals surface area (Å²) >= 11 is 1.44. The lowest BCUT2D eigenvalue weighted by Gasteiger charge is -2.10. The van der Waals surface area contributed by atoms with Crippen molar-refractivity contribution in [3.05, 3.63) is 63.4 Å². The fourth-order valence-corrected chi connectivity index (χ4v) is 3.02. The molecule has 0 fully saturated rings. The number of rotatable bonds is 9. The Morgan fingerprint density at radius 1 is 1.24 bits per heavy atom. The summed E-state index contributed by atoms with van der Waals surface area (Å²) in [7, 11) is 0. The van der Waals surface area contributed by atoms with Gasteiger partial charge in [0.05, 0.1) is 37.2 Å². The number of imidazole rings is 1. The summed E-state index contributed by atoms with van der Waals surface area (Å²) in [5.41, 5.74) is 10.6. The molecule has 0 N–H and O–H groups in total. The molecule has 0 spiro atoms. The second-order valence-corrected chi connectivity index (χ2v) is 6.39. The number of hydrogen-bond acceptors (Lipinski definition) is 7. The molecule has 9 nitrogen and oxygen atoms in total. The van der Waals surface area contributed by atoms with Crippen LogP contribution in [-0.2, 0) is 20.8 Å². The van der Waals surface area contributed by atoms with Crippen molar-refractivity contribution in [3.63, 3.8) is 0 Å². The van der Waals surface area contributed by atoms with Crippen LogP contribution in [0.1, 0.15) is 35.5 Å². The molecule has 152 valence electrons. The van der Waals surface area contributed by atoms with E-state index in [-0.39, 0.29) is 18.3 Å². The Hall–Kier alpha value is -3.23. The molecule has 2 rings (SSSR count). The van der Waals surface area contributed by atoms with E-state index in [1.165, 1.54) is 17.8 Å². The number of thioether (sulfide) groups is 1. The first-order valence-electron chi connectivity index (χ1n) is 8.83. The minimum absolute atomic E-state index is 0.152. The molecule has 0 bridgehead atoms. The summed E-state index contributed by atoms with van der Waals surface area (Å²) < 4.78 is 11.8. The minimum Gasteiger partial charge on any atom is -0.462 e. The van der Waals surface area contributed by atoms with Gasteiger partial charge in [0.2, 0.25) is 0 Å². The maximum absolute atomic E-state index is 12.0. The van der Waals surface area contributed by atoms with Crippen LogP contribution >= 0.6 is 11.8 Å². The number of esters is 2. The van der Waals surface area contributed by atoms with Crippen molar-refractivity contribution < 1.29 is 19.1 Å². The third-order valence-electron chi connectivity index (χ3n) is 3.76. The SMILES string of the molecule is CCOC(=O)/C(=C\c1cnc(SC)n1Cc1ccc(C(=O)OCC)cc1)N=[N+]=[N-]. The molecule has 1 aromatic heterocycles. The van der Waals surface area contributed by atoms with Crippen LogP contribution in [0.2, 0.25) is 0 Å². The van der Waals surface area contributed by atoms with Gasteiger partial charge in [-0.05, 0) is 49.4 Å². The van der Waals surface area contributed by atoms with Gasteiger partial charge in [-0.25, -0.2) is 14.6 Å². The quantitative estimate of drug-likeness (QED) is 0.152. The van der Waals surface area contributed by atoms with Gasteiger partial charge in [0, 0.05) is 4.91 Å². The van der Waals surface area contributed by atoms with Gasteiger partial charge < -0.3 is 14.0 Å². The first kappa shape index (κ1) is 22.1. The summed E-state index contributed by atoms with van der Waals surface area (Å²) in [6.07, 6.45) is 4.91. The predicted octanol–water partition coefficient (Wildman–Crippen LogP) is 4.04. The van der Waals surface area contributed by atoms with Gasteiger partial charge in [-0.15, -0.1) is 0 Å². The molecule has 0 unspecified atom stereocenters. The molecule has 0 aliphatic rings. The molecule has 1 heterocycles. The first-order valence-corrected chi connectivity index (χ1v) is 10.1. The van der Waals surface area contributed by atoms with Gasteiger partial charge in [-0.2, -0.15) is 0 Å². The Bertz CT molecular complexity index is 946. The summed E-state index contributed by atoms with van der Waals surface area (Å²) in [5, 5.41) is 4.15. The fraction of sp³-hybridized carbons (Fsp3) is 0.316. The third-order valence-corrected chi connectivity index (χ3v) is 4.45. The zero-order valence-electron chi connectivity index (χ0n) is 16.4. The Labute approximate surface area is 172 Å². The number of carbonyl (C=O) groups excluding carboxylic acids is 2. The maximum atomic E-state index is 12.0.